The number of para-hydroxylation sites is 3. The van der Waals surface area contributed by atoms with E-state index in [4.69, 9.17) is 9.98 Å². The number of benzene rings is 7. The van der Waals surface area contributed by atoms with E-state index in [1.165, 1.54) is 43.8 Å². The SMILES string of the molecule is CC12C=CC=CC1c1ccc3c(c1N2c1ccc2c(c1)c1ccccc1n2-c1ccccc1)c1ccccc1n3C1N=C(c2ccccc2)N=C(c2ccccc2)N1. The Kier molecular flexibility index (Phi) is 7.08. The zero-order valence-electron chi connectivity index (χ0n) is 31.9. The summed E-state index contributed by atoms with van der Waals surface area (Å²) in [6, 6.07) is 60.6. The number of hydrogen-bond donors (Lipinski definition) is 1. The van der Waals surface area contributed by atoms with Crippen LogP contribution in [0.1, 0.15) is 35.8 Å². The Morgan fingerprint density at radius 2 is 1.22 bits per heavy atom. The van der Waals surface area contributed by atoms with Gasteiger partial charge >= 0.3 is 0 Å². The van der Waals surface area contributed by atoms with Crippen LogP contribution in [0.15, 0.2) is 204 Å². The molecule has 3 unspecified atom stereocenters. The Morgan fingerprint density at radius 3 is 2.02 bits per heavy atom. The van der Waals surface area contributed by atoms with E-state index in [1.807, 2.05) is 24.3 Å². The van der Waals surface area contributed by atoms with E-state index in [1.54, 1.807) is 0 Å². The van der Waals surface area contributed by atoms with E-state index < -0.39 is 6.29 Å². The molecule has 0 fully saturated rings. The van der Waals surface area contributed by atoms with E-state index in [0.717, 1.165) is 39.4 Å². The highest BCUT2D eigenvalue weighted by atomic mass is 15.3. The van der Waals surface area contributed by atoms with Gasteiger partial charge in [0.2, 0.25) is 6.29 Å². The third-order valence-corrected chi connectivity index (χ3v) is 12.4. The van der Waals surface area contributed by atoms with Crippen LogP contribution in [0.2, 0.25) is 0 Å². The normalized spacial score (nSPS) is 19.7. The molecule has 2 aromatic heterocycles. The van der Waals surface area contributed by atoms with Gasteiger partial charge in [0.25, 0.3) is 0 Å². The average molecular weight is 747 g/mol. The smallest absolute Gasteiger partial charge is 0.204 e. The Hall–Kier alpha value is -7.44. The monoisotopic (exact) mass is 746 g/mol. The fourth-order valence-corrected chi connectivity index (χ4v) is 9.83. The number of fused-ring (bicyclic) bond motifs is 10. The molecule has 1 aliphatic carbocycles. The number of aromatic nitrogens is 2. The summed E-state index contributed by atoms with van der Waals surface area (Å²) in [6.07, 6.45) is 8.75. The maximum atomic E-state index is 5.36. The first-order valence-corrected chi connectivity index (χ1v) is 20.0. The predicted molar refractivity (Wildman–Crippen MR) is 240 cm³/mol. The number of allylic oxidation sites excluding steroid dienone is 2. The van der Waals surface area contributed by atoms with Gasteiger partial charge in [-0.2, -0.15) is 0 Å². The van der Waals surface area contributed by atoms with Crippen molar-refractivity contribution >= 4 is 66.7 Å². The number of hydrogen-bond acceptors (Lipinski definition) is 4. The van der Waals surface area contributed by atoms with Crippen molar-refractivity contribution in [2.45, 2.75) is 24.7 Å². The highest BCUT2D eigenvalue weighted by molar-refractivity contribution is 6.18. The maximum Gasteiger partial charge on any atom is 0.204 e. The van der Waals surface area contributed by atoms with Crippen LogP contribution in [0.3, 0.4) is 0 Å². The Bertz CT molecular complexity index is 3220. The molecule has 9 aromatic rings. The molecule has 7 aromatic carbocycles. The first-order chi connectivity index (χ1) is 28.7. The predicted octanol–water partition coefficient (Wildman–Crippen LogP) is 12.0. The minimum atomic E-state index is -0.448. The van der Waals surface area contributed by atoms with Gasteiger partial charge in [-0.3, -0.25) is 0 Å². The van der Waals surface area contributed by atoms with Crippen molar-refractivity contribution in [3.63, 3.8) is 0 Å². The van der Waals surface area contributed by atoms with Crippen LogP contribution in [-0.2, 0) is 0 Å². The van der Waals surface area contributed by atoms with Gasteiger partial charge in [0.15, 0.2) is 5.84 Å². The third kappa shape index (κ3) is 4.72. The van der Waals surface area contributed by atoms with Crippen LogP contribution in [0.5, 0.6) is 0 Å². The Labute approximate surface area is 336 Å². The largest absolute Gasteiger partial charge is 0.331 e. The highest BCUT2D eigenvalue weighted by Crippen LogP contribution is 2.58. The van der Waals surface area contributed by atoms with Crippen LogP contribution in [0, 0.1) is 0 Å². The number of aliphatic imine (C=N–C) groups is 2. The summed E-state index contributed by atoms with van der Waals surface area (Å²) in [6.45, 7) is 2.39. The second-order valence-corrected chi connectivity index (χ2v) is 15.6. The molecule has 6 nitrogen and oxygen atoms in total. The lowest BCUT2D eigenvalue weighted by molar-refractivity contribution is 0.516. The molecule has 3 atom stereocenters. The number of amidine groups is 2. The van der Waals surface area contributed by atoms with Gasteiger partial charge in [0.05, 0.1) is 33.3 Å². The molecule has 0 spiro atoms. The van der Waals surface area contributed by atoms with Crippen molar-refractivity contribution in [2.75, 3.05) is 4.90 Å². The molecule has 276 valence electrons. The van der Waals surface area contributed by atoms with Gasteiger partial charge in [0.1, 0.15) is 5.84 Å². The average Bonchev–Trinajstić information content (AvgIpc) is 3.90. The van der Waals surface area contributed by atoms with E-state index in [0.29, 0.717) is 5.84 Å². The van der Waals surface area contributed by atoms with Crippen LogP contribution in [0.25, 0.3) is 49.3 Å². The summed E-state index contributed by atoms with van der Waals surface area (Å²) in [4.78, 5) is 13.1. The van der Waals surface area contributed by atoms with E-state index in [2.05, 4.69) is 196 Å². The van der Waals surface area contributed by atoms with Crippen LogP contribution < -0.4 is 10.2 Å². The van der Waals surface area contributed by atoms with Crippen LogP contribution in [0.4, 0.5) is 11.4 Å². The standard InChI is InChI=1S/C52H38N6/c1-52-32-16-15-25-42(52)39-29-31-46-47(48(39)58(52)37-28-30-45-41(33-37)38-23-11-13-26-43(38)56(45)36-21-9-4-10-22-36)40-24-12-14-27-44(40)57(46)51-54-49(34-17-5-2-6-18-34)53-50(55-51)35-19-7-3-8-20-35/h2-33,42,51H,1H3,(H,53,54,55). The van der Waals surface area contributed by atoms with Crippen LogP contribution in [-0.4, -0.2) is 26.3 Å². The number of nitrogens with zero attached hydrogens (tertiary/aromatic N) is 5. The summed E-state index contributed by atoms with van der Waals surface area (Å²) < 4.78 is 4.76. The fraction of sp³-hybridized carbons (Fsp3) is 0.0769. The molecule has 6 heteroatoms. The molecule has 58 heavy (non-hydrogen) atoms. The molecule has 4 heterocycles. The molecular weight excluding hydrogens is 709 g/mol. The molecule has 12 rings (SSSR count). The van der Waals surface area contributed by atoms with Crippen molar-refractivity contribution < 1.29 is 0 Å². The third-order valence-electron chi connectivity index (χ3n) is 12.4. The van der Waals surface area contributed by atoms with E-state index >= 15 is 0 Å². The van der Waals surface area contributed by atoms with Crippen molar-refractivity contribution in [3.05, 3.63) is 211 Å². The molecule has 0 radical (unpaired) electrons. The Balaban J connectivity index is 1.10. The molecule has 0 amide bonds. The minimum absolute atomic E-state index is 0.160. The van der Waals surface area contributed by atoms with Gasteiger partial charge in [-0.05, 0) is 61.0 Å². The highest BCUT2D eigenvalue weighted by Gasteiger charge is 2.48. The molecule has 3 aliphatic rings. The van der Waals surface area contributed by atoms with E-state index in [-0.39, 0.29) is 11.5 Å². The Morgan fingerprint density at radius 1 is 0.569 bits per heavy atom. The summed E-state index contributed by atoms with van der Waals surface area (Å²) in [5, 5.41) is 8.65. The fourth-order valence-electron chi connectivity index (χ4n) is 9.83. The van der Waals surface area contributed by atoms with Crippen molar-refractivity contribution in [1.29, 1.82) is 0 Å². The first kappa shape index (κ1) is 32.8. The lowest BCUT2D eigenvalue weighted by Gasteiger charge is -2.39. The summed E-state index contributed by atoms with van der Waals surface area (Å²) in [7, 11) is 0. The maximum absolute atomic E-state index is 5.36. The second-order valence-electron chi connectivity index (χ2n) is 15.6. The minimum Gasteiger partial charge on any atom is -0.331 e. The molecular formula is C52H38N6. The molecule has 2 aliphatic heterocycles. The van der Waals surface area contributed by atoms with Crippen molar-refractivity contribution in [3.8, 4) is 5.69 Å². The first-order valence-electron chi connectivity index (χ1n) is 20.0. The van der Waals surface area contributed by atoms with Gasteiger partial charge in [-0.15, -0.1) is 0 Å². The molecule has 0 bridgehead atoms. The molecule has 0 saturated carbocycles. The zero-order valence-corrected chi connectivity index (χ0v) is 31.9. The van der Waals surface area contributed by atoms with Crippen molar-refractivity contribution in [1.82, 2.24) is 14.5 Å². The number of nitrogens with one attached hydrogen (secondary N) is 1. The molecule has 1 N–H and O–H groups in total. The summed E-state index contributed by atoms with van der Waals surface area (Å²) >= 11 is 0. The lowest BCUT2D eigenvalue weighted by Crippen LogP contribution is -2.42. The van der Waals surface area contributed by atoms with Gasteiger partial charge in [0, 0.05) is 50.0 Å². The lowest BCUT2D eigenvalue weighted by atomic mass is 9.80. The number of anilines is 2. The quantitative estimate of drug-likeness (QED) is 0.191. The topological polar surface area (TPSA) is 49.9 Å². The van der Waals surface area contributed by atoms with Crippen LogP contribution >= 0.6 is 0 Å². The second kappa shape index (κ2) is 12.5. The summed E-state index contributed by atoms with van der Waals surface area (Å²) in [5.41, 5.74) is 11.2. The number of rotatable bonds is 5. The van der Waals surface area contributed by atoms with E-state index in [9.17, 15) is 0 Å². The van der Waals surface area contributed by atoms with Gasteiger partial charge in [-0.1, -0.05) is 146 Å². The summed E-state index contributed by atoms with van der Waals surface area (Å²) in [5.74, 6) is 1.66. The van der Waals surface area contributed by atoms with Gasteiger partial charge < -0.3 is 19.4 Å². The zero-order chi connectivity index (χ0) is 38.4. The van der Waals surface area contributed by atoms with Crippen molar-refractivity contribution in [2.24, 2.45) is 9.98 Å². The van der Waals surface area contributed by atoms with Gasteiger partial charge in [-0.25, -0.2) is 9.98 Å². The molecule has 0 saturated heterocycles.